The third-order valence-electron chi connectivity index (χ3n) is 2.89. The molecule has 0 spiro atoms. The Morgan fingerprint density at radius 2 is 1.77 bits per heavy atom. The number of anilines is 1. The zero-order valence-corrected chi connectivity index (χ0v) is 13.7. The van der Waals surface area contributed by atoms with E-state index in [1.807, 2.05) is 0 Å². The SMILES string of the molecule is CCNC(=O)CNC(=O)CN(c1ccccc1C)S(C)(=O)=O. The molecule has 0 aliphatic rings. The number of likely N-dealkylation sites (N-methyl/N-ethyl adjacent to an activating group) is 1. The highest BCUT2D eigenvalue weighted by atomic mass is 32.2. The Labute approximate surface area is 130 Å². The van der Waals surface area contributed by atoms with Gasteiger partial charge in [0.2, 0.25) is 21.8 Å². The van der Waals surface area contributed by atoms with Crippen molar-refractivity contribution < 1.29 is 18.0 Å². The molecule has 8 heteroatoms. The molecule has 122 valence electrons. The molecule has 22 heavy (non-hydrogen) atoms. The van der Waals surface area contributed by atoms with Crippen LogP contribution in [0.1, 0.15) is 12.5 Å². The number of sulfonamides is 1. The minimum absolute atomic E-state index is 0.182. The van der Waals surface area contributed by atoms with E-state index < -0.39 is 15.9 Å². The molecule has 0 fully saturated rings. The van der Waals surface area contributed by atoms with Gasteiger partial charge in [-0.3, -0.25) is 13.9 Å². The summed E-state index contributed by atoms with van der Waals surface area (Å²) in [6.45, 7) is 3.44. The van der Waals surface area contributed by atoms with E-state index in [4.69, 9.17) is 0 Å². The minimum Gasteiger partial charge on any atom is -0.355 e. The highest BCUT2D eigenvalue weighted by Crippen LogP contribution is 2.21. The molecule has 0 unspecified atom stereocenters. The molecule has 0 atom stereocenters. The summed E-state index contributed by atoms with van der Waals surface area (Å²) in [5.41, 5.74) is 1.18. The molecule has 1 aromatic carbocycles. The maximum absolute atomic E-state index is 11.9. The van der Waals surface area contributed by atoms with E-state index in [-0.39, 0.29) is 19.0 Å². The summed E-state index contributed by atoms with van der Waals surface area (Å²) in [6, 6.07) is 6.88. The molecule has 2 N–H and O–H groups in total. The van der Waals surface area contributed by atoms with Crippen molar-refractivity contribution in [1.82, 2.24) is 10.6 Å². The standard InChI is InChI=1S/C14H21N3O4S/c1-4-15-13(18)9-16-14(19)10-17(22(3,20)21)12-8-6-5-7-11(12)2/h5-8H,4,9-10H2,1-3H3,(H,15,18)(H,16,19). The lowest BCUT2D eigenvalue weighted by atomic mass is 10.2. The number of hydrogen-bond donors (Lipinski definition) is 2. The zero-order valence-electron chi connectivity index (χ0n) is 12.9. The number of carbonyl (C=O) groups excluding carboxylic acids is 2. The van der Waals surface area contributed by atoms with Crippen molar-refractivity contribution in [3.8, 4) is 0 Å². The molecule has 0 bridgehead atoms. The summed E-state index contributed by atoms with van der Waals surface area (Å²) in [4.78, 5) is 23.2. The first-order valence-corrected chi connectivity index (χ1v) is 8.67. The molecule has 1 aromatic rings. The molecule has 0 aromatic heterocycles. The van der Waals surface area contributed by atoms with Crippen LogP contribution in [0.3, 0.4) is 0 Å². The van der Waals surface area contributed by atoms with Gasteiger partial charge in [-0.05, 0) is 25.5 Å². The molecule has 7 nitrogen and oxygen atoms in total. The Morgan fingerprint density at radius 1 is 1.14 bits per heavy atom. The summed E-state index contributed by atoms with van der Waals surface area (Å²) in [5.74, 6) is -0.863. The van der Waals surface area contributed by atoms with E-state index in [0.717, 1.165) is 16.1 Å². The van der Waals surface area contributed by atoms with E-state index in [1.54, 1.807) is 38.1 Å². The van der Waals surface area contributed by atoms with E-state index in [0.29, 0.717) is 12.2 Å². The van der Waals surface area contributed by atoms with Gasteiger partial charge in [-0.25, -0.2) is 8.42 Å². The van der Waals surface area contributed by atoms with Gasteiger partial charge in [-0.1, -0.05) is 18.2 Å². The predicted octanol–water partition coefficient (Wildman–Crippen LogP) is 0.0133. The van der Waals surface area contributed by atoms with E-state index in [1.165, 1.54) is 0 Å². The number of carbonyl (C=O) groups is 2. The van der Waals surface area contributed by atoms with Gasteiger partial charge in [0.1, 0.15) is 6.54 Å². The number of aryl methyl sites for hydroxylation is 1. The van der Waals surface area contributed by atoms with Crippen LogP contribution in [0, 0.1) is 6.92 Å². The van der Waals surface area contributed by atoms with Gasteiger partial charge < -0.3 is 10.6 Å². The number of nitrogens with one attached hydrogen (secondary N) is 2. The Bertz CT molecular complexity index is 643. The molecule has 0 aliphatic heterocycles. The maximum atomic E-state index is 11.9. The molecule has 1 rings (SSSR count). The fraction of sp³-hybridized carbons (Fsp3) is 0.429. The van der Waals surface area contributed by atoms with E-state index in [9.17, 15) is 18.0 Å². The van der Waals surface area contributed by atoms with Crippen LogP contribution < -0.4 is 14.9 Å². The van der Waals surface area contributed by atoms with Crippen molar-refractivity contribution in [2.45, 2.75) is 13.8 Å². The summed E-state index contributed by atoms with van der Waals surface area (Å²) >= 11 is 0. The first-order chi connectivity index (χ1) is 10.3. The van der Waals surface area contributed by atoms with Crippen molar-refractivity contribution in [2.24, 2.45) is 0 Å². The van der Waals surface area contributed by atoms with Crippen LogP contribution in [0.2, 0.25) is 0 Å². The van der Waals surface area contributed by atoms with Gasteiger partial charge in [-0.2, -0.15) is 0 Å². The molecular formula is C14H21N3O4S. The number of para-hydroxylation sites is 1. The van der Waals surface area contributed by atoms with Crippen LogP contribution in [-0.2, 0) is 19.6 Å². The average molecular weight is 327 g/mol. The lowest BCUT2D eigenvalue weighted by molar-refractivity contribution is -0.125. The monoisotopic (exact) mass is 327 g/mol. The van der Waals surface area contributed by atoms with Crippen molar-refractivity contribution in [2.75, 3.05) is 30.2 Å². The molecular weight excluding hydrogens is 306 g/mol. The highest BCUT2D eigenvalue weighted by Gasteiger charge is 2.22. The Hall–Kier alpha value is -2.09. The lowest BCUT2D eigenvalue weighted by Gasteiger charge is -2.23. The molecule has 0 saturated heterocycles. The number of benzene rings is 1. The fourth-order valence-corrected chi connectivity index (χ4v) is 2.76. The minimum atomic E-state index is -3.61. The van der Waals surface area contributed by atoms with Gasteiger partial charge in [-0.15, -0.1) is 0 Å². The normalized spacial score (nSPS) is 10.9. The average Bonchev–Trinajstić information content (AvgIpc) is 2.43. The number of rotatable bonds is 7. The Kier molecular flexibility index (Phi) is 6.36. The highest BCUT2D eigenvalue weighted by molar-refractivity contribution is 7.92. The first-order valence-electron chi connectivity index (χ1n) is 6.82. The fourth-order valence-electron chi connectivity index (χ4n) is 1.85. The summed E-state index contributed by atoms with van der Waals surface area (Å²) in [6.07, 6.45) is 1.04. The second kappa shape index (κ2) is 7.79. The van der Waals surface area contributed by atoms with Gasteiger partial charge >= 0.3 is 0 Å². The van der Waals surface area contributed by atoms with Crippen molar-refractivity contribution >= 4 is 27.5 Å². The molecule has 0 aliphatic carbocycles. The second-order valence-corrected chi connectivity index (χ2v) is 6.69. The van der Waals surface area contributed by atoms with Crippen molar-refractivity contribution in [3.05, 3.63) is 29.8 Å². The second-order valence-electron chi connectivity index (χ2n) is 4.79. The topological polar surface area (TPSA) is 95.6 Å². The van der Waals surface area contributed by atoms with E-state index in [2.05, 4.69) is 10.6 Å². The maximum Gasteiger partial charge on any atom is 0.241 e. The summed E-state index contributed by atoms with van der Waals surface area (Å²) in [7, 11) is -3.61. The van der Waals surface area contributed by atoms with Gasteiger partial charge in [0.25, 0.3) is 0 Å². The lowest BCUT2D eigenvalue weighted by Crippen LogP contribution is -2.44. The van der Waals surface area contributed by atoms with Gasteiger partial charge in [0, 0.05) is 6.54 Å². The predicted molar refractivity (Wildman–Crippen MR) is 85.1 cm³/mol. The third-order valence-corrected chi connectivity index (χ3v) is 4.02. The zero-order chi connectivity index (χ0) is 16.8. The van der Waals surface area contributed by atoms with Crippen molar-refractivity contribution in [3.63, 3.8) is 0 Å². The van der Waals surface area contributed by atoms with E-state index >= 15 is 0 Å². The summed E-state index contributed by atoms with van der Waals surface area (Å²) in [5, 5.41) is 4.94. The third kappa shape index (κ3) is 5.36. The van der Waals surface area contributed by atoms with Gasteiger partial charge in [0.15, 0.2) is 0 Å². The molecule has 0 radical (unpaired) electrons. The number of nitrogens with zero attached hydrogens (tertiary/aromatic N) is 1. The Balaban J connectivity index is 2.82. The van der Waals surface area contributed by atoms with Crippen LogP contribution in [0.25, 0.3) is 0 Å². The molecule has 2 amide bonds. The van der Waals surface area contributed by atoms with Gasteiger partial charge in [0.05, 0.1) is 18.5 Å². The van der Waals surface area contributed by atoms with Crippen LogP contribution in [0.5, 0.6) is 0 Å². The Morgan fingerprint density at radius 3 is 2.32 bits per heavy atom. The van der Waals surface area contributed by atoms with Crippen LogP contribution in [0.4, 0.5) is 5.69 Å². The smallest absolute Gasteiger partial charge is 0.241 e. The van der Waals surface area contributed by atoms with Crippen LogP contribution in [-0.4, -0.2) is 46.1 Å². The largest absolute Gasteiger partial charge is 0.355 e. The number of hydrogen-bond acceptors (Lipinski definition) is 4. The van der Waals surface area contributed by atoms with Crippen LogP contribution >= 0.6 is 0 Å². The number of amides is 2. The quantitative estimate of drug-likeness (QED) is 0.737. The first kappa shape index (κ1) is 18.0. The van der Waals surface area contributed by atoms with Crippen LogP contribution in [0.15, 0.2) is 24.3 Å². The molecule has 0 heterocycles. The molecule has 0 saturated carbocycles. The van der Waals surface area contributed by atoms with Crippen molar-refractivity contribution in [1.29, 1.82) is 0 Å². The summed E-state index contributed by atoms with van der Waals surface area (Å²) < 4.78 is 24.9.